The lowest BCUT2D eigenvalue weighted by atomic mass is 9.90. The van der Waals surface area contributed by atoms with Crippen molar-refractivity contribution in [3.8, 4) is 11.6 Å². The van der Waals surface area contributed by atoms with Gasteiger partial charge in [-0.05, 0) is 25.0 Å². The first kappa shape index (κ1) is 19.8. The van der Waals surface area contributed by atoms with Gasteiger partial charge in [0.1, 0.15) is 0 Å². The Bertz CT molecular complexity index is 862. The third-order valence-electron chi connectivity index (χ3n) is 5.12. The Hall–Kier alpha value is -2.46. The van der Waals surface area contributed by atoms with Crippen molar-refractivity contribution in [3.05, 3.63) is 41.8 Å². The summed E-state index contributed by atoms with van der Waals surface area (Å²) in [5, 5.41) is 3.29. The fourth-order valence-electron chi connectivity index (χ4n) is 3.53. The molecule has 3 heterocycles. The minimum atomic E-state index is -4.68. The molecule has 2 aliphatic rings. The Morgan fingerprint density at radius 1 is 1.14 bits per heavy atom. The smallest absolute Gasteiger partial charge is 0.433 e. The summed E-state index contributed by atoms with van der Waals surface area (Å²) in [6, 6.07) is 6.14. The predicted molar refractivity (Wildman–Crippen MR) is 96.5 cm³/mol. The summed E-state index contributed by atoms with van der Waals surface area (Å²) in [4.78, 5) is 9.47. The number of piperidine rings is 1. The third-order valence-corrected chi connectivity index (χ3v) is 5.12. The van der Waals surface area contributed by atoms with Gasteiger partial charge in [-0.1, -0.05) is 12.1 Å². The van der Waals surface area contributed by atoms with E-state index in [1.54, 1.807) is 4.90 Å². The van der Waals surface area contributed by atoms with Gasteiger partial charge < -0.3 is 19.7 Å². The van der Waals surface area contributed by atoms with E-state index in [4.69, 9.17) is 9.47 Å². The highest BCUT2D eigenvalue weighted by Gasteiger charge is 2.39. The maximum Gasteiger partial charge on any atom is 0.433 e. The van der Waals surface area contributed by atoms with Gasteiger partial charge in [0.25, 0.3) is 0 Å². The Balaban J connectivity index is 1.58. The molecule has 1 spiro atoms. The van der Waals surface area contributed by atoms with Crippen molar-refractivity contribution >= 4 is 5.95 Å². The summed E-state index contributed by atoms with van der Waals surface area (Å²) >= 11 is 0. The van der Waals surface area contributed by atoms with Crippen molar-refractivity contribution in [2.24, 2.45) is 0 Å². The summed E-state index contributed by atoms with van der Waals surface area (Å²) in [7, 11) is 0. The molecule has 2 saturated heterocycles. The molecule has 10 heteroatoms. The zero-order valence-electron chi connectivity index (χ0n) is 15.5. The highest BCUT2D eigenvalue weighted by atomic mass is 19.4. The van der Waals surface area contributed by atoms with Gasteiger partial charge in [0, 0.05) is 32.2 Å². The second kappa shape index (κ2) is 7.75. The zero-order valence-corrected chi connectivity index (χ0v) is 15.5. The minimum absolute atomic E-state index is 0.0928. The van der Waals surface area contributed by atoms with Crippen LogP contribution in [0.2, 0.25) is 0 Å². The van der Waals surface area contributed by atoms with E-state index in [0.717, 1.165) is 12.6 Å². The molecular weight excluding hydrogens is 392 g/mol. The second-order valence-corrected chi connectivity index (χ2v) is 7.12. The van der Waals surface area contributed by atoms with Gasteiger partial charge in [0.05, 0.1) is 12.2 Å². The van der Waals surface area contributed by atoms with Crippen LogP contribution in [-0.2, 0) is 10.9 Å². The predicted octanol–water partition coefficient (Wildman–Crippen LogP) is 3.39. The van der Waals surface area contributed by atoms with Crippen LogP contribution in [-0.4, -0.2) is 48.4 Å². The fraction of sp³-hybridized carbons (Fsp3) is 0.474. The number of nitrogens with zero attached hydrogens (tertiary/aromatic N) is 3. The number of halogens is 4. The molecular formula is C19H20F4N4O2. The second-order valence-electron chi connectivity index (χ2n) is 7.12. The molecule has 6 nitrogen and oxygen atoms in total. The number of alkyl halides is 3. The van der Waals surface area contributed by atoms with Crippen LogP contribution in [0.5, 0.6) is 11.6 Å². The number of ether oxygens (including phenoxy) is 2. The van der Waals surface area contributed by atoms with Crippen molar-refractivity contribution in [1.29, 1.82) is 0 Å². The molecule has 1 aromatic heterocycles. The number of morpholine rings is 1. The van der Waals surface area contributed by atoms with E-state index >= 15 is 0 Å². The molecule has 0 radical (unpaired) electrons. The average Bonchev–Trinajstić information content (AvgIpc) is 2.70. The van der Waals surface area contributed by atoms with E-state index in [9.17, 15) is 17.6 Å². The highest BCUT2D eigenvalue weighted by molar-refractivity contribution is 5.38. The number of hydrogen-bond donors (Lipinski definition) is 1. The van der Waals surface area contributed by atoms with Crippen molar-refractivity contribution < 1.29 is 27.0 Å². The van der Waals surface area contributed by atoms with E-state index in [2.05, 4.69) is 15.3 Å². The van der Waals surface area contributed by atoms with E-state index in [0.29, 0.717) is 45.1 Å². The number of hydrogen-bond acceptors (Lipinski definition) is 6. The lowest BCUT2D eigenvalue weighted by molar-refractivity contribution is -0.141. The fourth-order valence-corrected chi connectivity index (χ4v) is 3.53. The zero-order chi connectivity index (χ0) is 20.5. The average molecular weight is 412 g/mol. The molecule has 156 valence electrons. The van der Waals surface area contributed by atoms with E-state index in [1.165, 1.54) is 18.2 Å². The van der Waals surface area contributed by atoms with E-state index in [1.807, 2.05) is 0 Å². The molecule has 2 aromatic rings. The maximum absolute atomic E-state index is 13.8. The molecule has 0 amide bonds. The molecule has 4 rings (SSSR count). The van der Waals surface area contributed by atoms with Crippen molar-refractivity contribution in [1.82, 2.24) is 15.3 Å². The molecule has 0 aliphatic carbocycles. The van der Waals surface area contributed by atoms with Gasteiger partial charge in [-0.15, -0.1) is 0 Å². The molecule has 2 aliphatic heterocycles. The Kier molecular flexibility index (Phi) is 5.30. The minimum Gasteiger partial charge on any atom is -0.436 e. The Morgan fingerprint density at radius 2 is 1.90 bits per heavy atom. The maximum atomic E-state index is 13.8. The lowest BCUT2D eigenvalue weighted by Gasteiger charge is -2.44. The van der Waals surface area contributed by atoms with Gasteiger partial charge in [-0.3, -0.25) is 0 Å². The van der Waals surface area contributed by atoms with Crippen molar-refractivity contribution in [2.45, 2.75) is 24.6 Å². The summed E-state index contributed by atoms with van der Waals surface area (Å²) in [6.45, 7) is 3.01. The van der Waals surface area contributed by atoms with Gasteiger partial charge in [0.2, 0.25) is 11.8 Å². The molecule has 2 fully saturated rings. The standard InChI is InChI=1S/C19H20F4N4O2/c20-13-3-1-2-4-14(13)29-16-11-15(19(21,22)23)25-17(26-16)27-8-5-18(6-9-27)12-24-7-10-28-18/h1-4,11,24H,5-10,12H2. The number of rotatable bonds is 3. The first-order chi connectivity index (χ1) is 13.8. The summed E-state index contributed by atoms with van der Waals surface area (Å²) in [5.41, 5.74) is -1.44. The van der Waals surface area contributed by atoms with Crippen molar-refractivity contribution in [3.63, 3.8) is 0 Å². The third kappa shape index (κ3) is 4.43. The van der Waals surface area contributed by atoms with Gasteiger partial charge in [0.15, 0.2) is 17.3 Å². The van der Waals surface area contributed by atoms with Crippen LogP contribution >= 0.6 is 0 Å². The quantitative estimate of drug-likeness (QED) is 0.780. The number of anilines is 1. The molecule has 0 unspecified atom stereocenters. The van der Waals surface area contributed by atoms with E-state index in [-0.39, 0.29) is 23.2 Å². The number of nitrogens with one attached hydrogen (secondary N) is 1. The van der Waals surface area contributed by atoms with Crippen LogP contribution in [0, 0.1) is 5.82 Å². The van der Waals surface area contributed by atoms with Crippen LogP contribution in [0.25, 0.3) is 0 Å². The first-order valence-corrected chi connectivity index (χ1v) is 9.33. The summed E-state index contributed by atoms with van der Waals surface area (Å²) in [5.74, 6) is -1.35. The van der Waals surface area contributed by atoms with Gasteiger partial charge in [-0.25, -0.2) is 9.37 Å². The van der Waals surface area contributed by atoms with Crippen LogP contribution in [0.4, 0.5) is 23.5 Å². The molecule has 0 saturated carbocycles. The van der Waals surface area contributed by atoms with Crippen LogP contribution in [0.15, 0.2) is 30.3 Å². The molecule has 29 heavy (non-hydrogen) atoms. The molecule has 1 aromatic carbocycles. The topological polar surface area (TPSA) is 59.5 Å². The molecule has 0 atom stereocenters. The normalized spacial score (nSPS) is 19.4. The molecule has 0 bridgehead atoms. The highest BCUT2D eigenvalue weighted by Crippen LogP contribution is 2.34. The number of benzene rings is 1. The van der Waals surface area contributed by atoms with Gasteiger partial charge in [-0.2, -0.15) is 18.2 Å². The Labute approximate surface area is 164 Å². The largest absolute Gasteiger partial charge is 0.436 e. The van der Waals surface area contributed by atoms with Gasteiger partial charge >= 0.3 is 6.18 Å². The summed E-state index contributed by atoms with van der Waals surface area (Å²) in [6.07, 6.45) is -3.40. The Morgan fingerprint density at radius 3 is 2.55 bits per heavy atom. The number of para-hydroxylation sites is 1. The van der Waals surface area contributed by atoms with E-state index < -0.39 is 17.7 Å². The lowest BCUT2D eigenvalue weighted by Crippen LogP contribution is -2.55. The molecule has 1 N–H and O–H groups in total. The van der Waals surface area contributed by atoms with Crippen LogP contribution in [0.1, 0.15) is 18.5 Å². The van der Waals surface area contributed by atoms with Crippen LogP contribution < -0.4 is 15.0 Å². The monoisotopic (exact) mass is 412 g/mol. The first-order valence-electron chi connectivity index (χ1n) is 9.33. The van der Waals surface area contributed by atoms with Crippen LogP contribution in [0.3, 0.4) is 0 Å². The number of aromatic nitrogens is 2. The summed E-state index contributed by atoms with van der Waals surface area (Å²) < 4.78 is 65.1. The SMILES string of the molecule is Fc1ccccc1Oc1cc(C(F)(F)F)nc(N2CCC3(CC2)CNCCO3)n1. The van der Waals surface area contributed by atoms with Crippen molar-refractivity contribution in [2.75, 3.05) is 37.7 Å².